The van der Waals surface area contributed by atoms with Crippen LogP contribution in [0.4, 0.5) is 4.39 Å². The molecule has 0 bridgehead atoms. The highest BCUT2D eigenvalue weighted by atomic mass is 28.4. The summed E-state index contributed by atoms with van der Waals surface area (Å²) in [6, 6.07) is 20.1. The summed E-state index contributed by atoms with van der Waals surface area (Å²) in [7, 11) is -2.85. The first-order valence-electron chi connectivity index (χ1n) is 9.41. The summed E-state index contributed by atoms with van der Waals surface area (Å²) >= 11 is 0. The summed E-state index contributed by atoms with van der Waals surface area (Å²) in [6.07, 6.45) is -1.70. The van der Waals surface area contributed by atoms with Crippen LogP contribution in [0.15, 0.2) is 60.7 Å². The number of rotatable bonds is 5. The van der Waals surface area contributed by atoms with Crippen molar-refractivity contribution < 1.29 is 18.7 Å². The first kappa shape index (κ1) is 19.8. The van der Waals surface area contributed by atoms with Gasteiger partial charge in [0.05, 0.1) is 12.0 Å². The lowest BCUT2D eigenvalue weighted by atomic mass is 10.1. The van der Waals surface area contributed by atoms with E-state index in [-0.39, 0.29) is 17.9 Å². The van der Waals surface area contributed by atoms with Gasteiger partial charge in [-0.3, -0.25) is 4.79 Å². The van der Waals surface area contributed by atoms with Gasteiger partial charge in [0.2, 0.25) is 0 Å². The molecule has 1 N–H and O–H groups in total. The zero-order valence-corrected chi connectivity index (χ0v) is 17.1. The largest absolute Gasteiger partial charge is 0.481 e. The fraction of sp³-hybridized carbons (Fsp3) is 0.409. The van der Waals surface area contributed by atoms with E-state index in [0.717, 1.165) is 10.4 Å². The standard InChI is InChI=1S/C22H27FO3Si/c1-22(2,3)27(17-10-6-4-7-11-17,18-12-8-5-9-13-18)26-20-15-16(21(24)25)14-19(20)23/h4-13,16,19-20H,14-15H2,1-3H3,(H,24,25)/t16-,19-,20-/m0/s1. The summed E-state index contributed by atoms with van der Waals surface area (Å²) in [5.74, 6) is -1.62. The van der Waals surface area contributed by atoms with E-state index in [4.69, 9.17) is 4.43 Å². The van der Waals surface area contributed by atoms with Crippen LogP contribution in [0.1, 0.15) is 33.6 Å². The molecule has 5 heteroatoms. The Hall–Kier alpha value is -1.98. The van der Waals surface area contributed by atoms with E-state index in [2.05, 4.69) is 45.0 Å². The van der Waals surface area contributed by atoms with E-state index in [9.17, 15) is 14.3 Å². The zero-order chi connectivity index (χ0) is 19.7. The second-order valence-electron chi connectivity index (χ2n) is 8.34. The number of alkyl halides is 1. The van der Waals surface area contributed by atoms with Crippen molar-refractivity contribution in [2.24, 2.45) is 5.92 Å². The molecule has 0 saturated heterocycles. The van der Waals surface area contributed by atoms with E-state index < -0.39 is 32.5 Å². The Balaban J connectivity index is 2.12. The third-order valence-corrected chi connectivity index (χ3v) is 10.6. The van der Waals surface area contributed by atoms with Crippen LogP contribution in [0, 0.1) is 5.92 Å². The van der Waals surface area contributed by atoms with Gasteiger partial charge in [-0.2, -0.15) is 0 Å². The Labute approximate surface area is 161 Å². The molecule has 27 heavy (non-hydrogen) atoms. The van der Waals surface area contributed by atoms with Gasteiger partial charge < -0.3 is 9.53 Å². The van der Waals surface area contributed by atoms with Crippen molar-refractivity contribution in [2.45, 2.75) is 50.9 Å². The maximum atomic E-state index is 14.8. The summed E-state index contributed by atoms with van der Waals surface area (Å²) in [5.41, 5.74) is 0. The molecule has 1 saturated carbocycles. The fourth-order valence-corrected chi connectivity index (χ4v) is 8.90. The molecular formula is C22H27FO3Si. The molecule has 2 aromatic rings. The minimum atomic E-state index is -2.85. The quantitative estimate of drug-likeness (QED) is 0.796. The van der Waals surface area contributed by atoms with Crippen molar-refractivity contribution in [2.75, 3.05) is 0 Å². The molecule has 0 radical (unpaired) electrons. The molecular weight excluding hydrogens is 359 g/mol. The lowest BCUT2D eigenvalue weighted by molar-refractivity contribution is -0.141. The lowest BCUT2D eigenvalue weighted by Gasteiger charge is -2.45. The van der Waals surface area contributed by atoms with Gasteiger partial charge in [0.1, 0.15) is 6.17 Å². The monoisotopic (exact) mass is 386 g/mol. The highest BCUT2D eigenvalue weighted by Gasteiger charge is 2.54. The lowest BCUT2D eigenvalue weighted by Crippen LogP contribution is -2.68. The molecule has 0 heterocycles. The van der Waals surface area contributed by atoms with Crippen LogP contribution in [-0.2, 0) is 9.22 Å². The van der Waals surface area contributed by atoms with Crippen LogP contribution in [0.5, 0.6) is 0 Å². The van der Waals surface area contributed by atoms with Crippen LogP contribution in [0.3, 0.4) is 0 Å². The molecule has 2 aromatic carbocycles. The normalized spacial score (nSPS) is 23.3. The minimum Gasteiger partial charge on any atom is -0.481 e. The Morgan fingerprint density at radius 3 is 1.85 bits per heavy atom. The Bertz CT molecular complexity index is 734. The van der Waals surface area contributed by atoms with E-state index in [0.29, 0.717) is 0 Å². The van der Waals surface area contributed by atoms with Crippen molar-refractivity contribution in [3.05, 3.63) is 60.7 Å². The molecule has 1 aliphatic rings. The third-order valence-electron chi connectivity index (χ3n) is 5.52. The first-order valence-corrected chi connectivity index (χ1v) is 11.3. The topological polar surface area (TPSA) is 46.5 Å². The average molecular weight is 387 g/mol. The van der Waals surface area contributed by atoms with Gasteiger partial charge in [0, 0.05) is 0 Å². The highest BCUT2D eigenvalue weighted by Crippen LogP contribution is 2.41. The van der Waals surface area contributed by atoms with E-state index >= 15 is 0 Å². The molecule has 0 amide bonds. The molecule has 1 fully saturated rings. The summed E-state index contributed by atoms with van der Waals surface area (Å²) in [6.45, 7) is 6.41. The Kier molecular flexibility index (Phi) is 5.54. The maximum Gasteiger partial charge on any atom is 0.306 e. The molecule has 0 aliphatic heterocycles. The summed E-state index contributed by atoms with van der Waals surface area (Å²) in [4.78, 5) is 11.4. The van der Waals surface area contributed by atoms with Gasteiger partial charge >= 0.3 is 5.97 Å². The van der Waals surface area contributed by atoms with Gasteiger partial charge in [0.15, 0.2) is 0 Å². The first-order chi connectivity index (χ1) is 12.8. The number of halogens is 1. The number of carbonyl (C=O) groups is 1. The van der Waals surface area contributed by atoms with Gasteiger partial charge in [-0.1, -0.05) is 81.4 Å². The maximum absolute atomic E-state index is 14.8. The van der Waals surface area contributed by atoms with Gasteiger partial charge in [-0.25, -0.2) is 4.39 Å². The predicted octanol–water partition coefficient (Wildman–Crippen LogP) is 3.76. The molecule has 1 aliphatic carbocycles. The summed E-state index contributed by atoms with van der Waals surface area (Å²) in [5, 5.41) is 11.2. The second-order valence-corrected chi connectivity index (χ2v) is 12.6. The molecule has 144 valence electrons. The molecule has 0 spiro atoms. The zero-order valence-electron chi connectivity index (χ0n) is 16.1. The van der Waals surface area contributed by atoms with Gasteiger partial charge in [-0.05, 0) is 28.3 Å². The van der Waals surface area contributed by atoms with Crippen molar-refractivity contribution in [3.63, 3.8) is 0 Å². The van der Waals surface area contributed by atoms with Crippen LogP contribution in [0.25, 0.3) is 0 Å². The number of hydrogen-bond acceptors (Lipinski definition) is 2. The van der Waals surface area contributed by atoms with Crippen LogP contribution in [0.2, 0.25) is 5.04 Å². The SMILES string of the molecule is CC(C)(C)[Si](O[C@H]1C[C@@H](C(=O)O)C[C@@H]1F)(c1ccccc1)c1ccccc1. The number of aliphatic carboxylic acids is 1. The predicted molar refractivity (Wildman–Crippen MR) is 108 cm³/mol. The fourth-order valence-electron chi connectivity index (χ4n) is 4.19. The van der Waals surface area contributed by atoms with Gasteiger partial charge in [-0.15, -0.1) is 0 Å². The molecule has 3 atom stereocenters. The number of benzene rings is 2. The van der Waals surface area contributed by atoms with Crippen LogP contribution >= 0.6 is 0 Å². The Morgan fingerprint density at radius 1 is 1.00 bits per heavy atom. The molecule has 3 rings (SSSR count). The smallest absolute Gasteiger partial charge is 0.306 e. The Morgan fingerprint density at radius 2 is 1.48 bits per heavy atom. The van der Waals surface area contributed by atoms with E-state index in [1.54, 1.807) is 0 Å². The van der Waals surface area contributed by atoms with E-state index in [1.807, 2.05) is 36.4 Å². The number of carboxylic acid groups (broad SMARTS) is 1. The molecule has 0 aromatic heterocycles. The summed E-state index contributed by atoms with van der Waals surface area (Å²) < 4.78 is 21.5. The second kappa shape index (κ2) is 7.56. The third kappa shape index (κ3) is 3.71. The van der Waals surface area contributed by atoms with Crippen molar-refractivity contribution in [3.8, 4) is 0 Å². The minimum absolute atomic E-state index is 0.0260. The van der Waals surface area contributed by atoms with Crippen molar-refractivity contribution >= 4 is 24.7 Å². The van der Waals surface area contributed by atoms with Crippen molar-refractivity contribution in [1.82, 2.24) is 0 Å². The number of carboxylic acids is 1. The van der Waals surface area contributed by atoms with Crippen LogP contribution < -0.4 is 10.4 Å². The van der Waals surface area contributed by atoms with Gasteiger partial charge in [0.25, 0.3) is 8.32 Å². The molecule has 0 unspecified atom stereocenters. The van der Waals surface area contributed by atoms with Crippen LogP contribution in [-0.4, -0.2) is 31.7 Å². The number of hydrogen-bond donors (Lipinski definition) is 1. The highest BCUT2D eigenvalue weighted by molar-refractivity contribution is 6.99. The van der Waals surface area contributed by atoms with E-state index in [1.165, 1.54) is 0 Å². The molecule has 3 nitrogen and oxygen atoms in total. The van der Waals surface area contributed by atoms with Crippen molar-refractivity contribution in [1.29, 1.82) is 0 Å². The average Bonchev–Trinajstić information content (AvgIpc) is 3.01.